The third-order valence-corrected chi connectivity index (χ3v) is 3.00. The van der Waals surface area contributed by atoms with Gasteiger partial charge in [-0.2, -0.15) is 4.98 Å². The highest BCUT2D eigenvalue weighted by atomic mass is 79.9. The Labute approximate surface area is 115 Å². The van der Waals surface area contributed by atoms with Crippen LogP contribution in [-0.2, 0) is 0 Å². The second-order valence-corrected chi connectivity index (χ2v) is 4.69. The predicted octanol–water partition coefficient (Wildman–Crippen LogP) is 4.43. The van der Waals surface area contributed by atoms with Gasteiger partial charge in [0.2, 0.25) is 5.28 Å². The molecule has 0 radical (unpaired) electrons. The highest BCUT2D eigenvalue weighted by Crippen LogP contribution is 2.26. The molecule has 1 N–H and O–H groups in total. The van der Waals surface area contributed by atoms with Crippen LogP contribution in [0.15, 0.2) is 28.9 Å². The van der Waals surface area contributed by atoms with E-state index in [9.17, 15) is 4.39 Å². The molecule has 0 saturated carbocycles. The quantitative estimate of drug-likeness (QED) is 0.824. The molecule has 1 aromatic carbocycles. The smallest absolute Gasteiger partial charge is 0.224 e. The lowest BCUT2D eigenvalue weighted by Crippen LogP contribution is -1.96. The van der Waals surface area contributed by atoms with Crippen molar-refractivity contribution in [3.05, 3.63) is 45.0 Å². The van der Waals surface area contributed by atoms with Crippen molar-refractivity contribution in [2.45, 2.75) is 0 Å². The molecule has 0 bridgehead atoms. The van der Waals surface area contributed by atoms with E-state index in [0.717, 1.165) is 0 Å². The van der Waals surface area contributed by atoms with Gasteiger partial charge in [-0.25, -0.2) is 9.37 Å². The van der Waals surface area contributed by atoms with E-state index in [4.69, 9.17) is 23.2 Å². The van der Waals surface area contributed by atoms with E-state index in [-0.39, 0.29) is 11.1 Å². The number of nitrogens with zero attached hydrogens (tertiary/aromatic N) is 2. The molecule has 0 aliphatic rings. The zero-order valence-corrected chi connectivity index (χ0v) is 11.3. The van der Waals surface area contributed by atoms with Gasteiger partial charge in [-0.15, -0.1) is 0 Å². The molecule has 0 aliphatic heterocycles. The third kappa shape index (κ3) is 3.06. The number of aromatic nitrogens is 2. The molecule has 0 aliphatic carbocycles. The molecule has 0 saturated heterocycles. The molecule has 0 spiro atoms. The number of hydrogen-bond donors (Lipinski definition) is 1. The Bertz CT molecular complexity index is 565. The normalized spacial score (nSPS) is 10.4. The fourth-order valence-corrected chi connectivity index (χ4v) is 1.66. The summed E-state index contributed by atoms with van der Waals surface area (Å²) in [7, 11) is 0. The van der Waals surface area contributed by atoms with Crippen LogP contribution < -0.4 is 5.32 Å². The first-order valence-corrected chi connectivity index (χ1v) is 6.01. The average molecular weight is 337 g/mol. The van der Waals surface area contributed by atoms with E-state index in [1.54, 1.807) is 12.1 Å². The van der Waals surface area contributed by atoms with Gasteiger partial charge in [0.15, 0.2) is 5.82 Å². The summed E-state index contributed by atoms with van der Waals surface area (Å²) in [5.74, 6) is -0.0559. The van der Waals surface area contributed by atoms with Crippen LogP contribution in [0.25, 0.3) is 0 Å². The lowest BCUT2D eigenvalue weighted by atomic mass is 10.3. The first-order chi connectivity index (χ1) is 8.06. The zero-order chi connectivity index (χ0) is 12.4. The lowest BCUT2D eigenvalue weighted by Gasteiger charge is -2.07. The topological polar surface area (TPSA) is 37.8 Å². The Hall–Kier alpha value is -0.910. The van der Waals surface area contributed by atoms with Crippen molar-refractivity contribution in [2.75, 3.05) is 5.32 Å². The summed E-state index contributed by atoms with van der Waals surface area (Å²) < 4.78 is 13.7. The predicted molar refractivity (Wildman–Crippen MR) is 69.4 cm³/mol. The van der Waals surface area contributed by atoms with Crippen LogP contribution in [0.2, 0.25) is 10.3 Å². The summed E-state index contributed by atoms with van der Waals surface area (Å²) in [6, 6.07) is 4.57. The zero-order valence-electron chi connectivity index (χ0n) is 8.22. The number of benzene rings is 1. The summed E-state index contributed by atoms with van der Waals surface area (Å²) in [5, 5.41) is 3.22. The highest BCUT2D eigenvalue weighted by molar-refractivity contribution is 9.10. The van der Waals surface area contributed by atoms with E-state index in [1.165, 1.54) is 12.3 Å². The second-order valence-electron chi connectivity index (χ2n) is 3.09. The Balaban J connectivity index is 2.31. The third-order valence-electron chi connectivity index (χ3n) is 1.90. The number of nitrogens with one attached hydrogen (secondary N) is 1. The van der Waals surface area contributed by atoms with Crippen molar-refractivity contribution in [1.82, 2.24) is 9.97 Å². The van der Waals surface area contributed by atoms with Gasteiger partial charge in [-0.1, -0.05) is 11.6 Å². The largest absolute Gasteiger partial charge is 0.339 e. The van der Waals surface area contributed by atoms with E-state index >= 15 is 0 Å². The van der Waals surface area contributed by atoms with E-state index < -0.39 is 0 Å². The summed E-state index contributed by atoms with van der Waals surface area (Å²) >= 11 is 14.6. The summed E-state index contributed by atoms with van der Waals surface area (Å²) in [6.45, 7) is 0. The molecule has 2 aromatic rings. The van der Waals surface area contributed by atoms with Crippen molar-refractivity contribution in [2.24, 2.45) is 0 Å². The summed E-state index contributed by atoms with van der Waals surface area (Å²) in [4.78, 5) is 7.61. The second kappa shape index (κ2) is 5.16. The van der Waals surface area contributed by atoms with Crippen molar-refractivity contribution < 1.29 is 4.39 Å². The molecule has 0 atom stereocenters. The number of halogens is 4. The van der Waals surface area contributed by atoms with Gasteiger partial charge in [0, 0.05) is 5.69 Å². The molecule has 7 heteroatoms. The maximum Gasteiger partial charge on any atom is 0.224 e. The van der Waals surface area contributed by atoms with Crippen molar-refractivity contribution >= 4 is 50.6 Å². The first kappa shape index (κ1) is 12.5. The number of rotatable bonds is 2. The monoisotopic (exact) mass is 335 g/mol. The highest BCUT2D eigenvalue weighted by Gasteiger charge is 2.06. The molecule has 1 aromatic heterocycles. The number of anilines is 2. The van der Waals surface area contributed by atoms with Crippen LogP contribution in [0.5, 0.6) is 0 Å². The van der Waals surface area contributed by atoms with Gasteiger partial charge in [0.1, 0.15) is 10.8 Å². The van der Waals surface area contributed by atoms with Crippen LogP contribution in [0, 0.1) is 5.82 Å². The summed E-state index contributed by atoms with van der Waals surface area (Å²) in [6.07, 6.45) is 1.37. The standard InChI is InChI=1S/C10H5BrCl2FN3/c11-6-2-1-5(3-8(6)14)16-9-7(12)4-15-10(13)17-9/h1-4H,(H,15,16,17). The van der Waals surface area contributed by atoms with Gasteiger partial charge in [-0.05, 0) is 45.7 Å². The Morgan fingerprint density at radius 3 is 2.76 bits per heavy atom. The van der Waals surface area contributed by atoms with Gasteiger partial charge < -0.3 is 5.32 Å². The van der Waals surface area contributed by atoms with Crippen molar-refractivity contribution in [3.8, 4) is 0 Å². The van der Waals surface area contributed by atoms with Crippen LogP contribution in [0.1, 0.15) is 0 Å². The molecule has 88 valence electrons. The fraction of sp³-hybridized carbons (Fsp3) is 0. The Morgan fingerprint density at radius 2 is 2.06 bits per heavy atom. The van der Waals surface area contributed by atoms with E-state index in [0.29, 0.717) is 21.0 Å². The minimum Gasteiger partial charge on any atom is -0.339 e. The first-order valence-electron chi connectivity index (χ1n) is 4.46. The average Bonchev–Trinajstić information content (AvgIpc) is 2.29. The maximum absolute atomic E-state index is 13.3. The van der Waals surface area contributed by atoms with E-state index in [1.807, 2.05) is 0 Å². The molecule has 0 amide bonds. The van der Waals surface area contributed by atoms with Gasteiger partial charge in [0.05, 0.1) is 10.7 Å². The van der Waals surface area contributed by atoms with Gasteiger partial charge >= 0.3 is 0 Å². The number of hydrogen-bond acceptors (Lipinski definition) is 3. The summed E-state index contributed by atoms with van der Waals surface area (Å²) in [5.41, 5.74) is 0.516. The van der Waals surface area contributed by atoms with Crippen LogP contribution in [0.4, 0.5) is 15.9 Å². The molecule has 2 rings (SSSR count). The van der Waals surface area contributed by atoms with Crippen molar-refractivity contribution in [3.63, 3.8) is 0 Å². The molecule has 0 unspecified atom stereocenters. The minimum atomic E-state index is -0.383. The van der Waals surface area contributed by atoms with Crippen LogP contribution in [0.3, 0.4) is 0 Å². The Kier molecular flexibility index (Phi) is 3.81. The molecule has 1 heterocycles. The van der Waals surface area contributed by atoms with Crippen LogP contribution in [-0.4, -0.2) is 9.97 Å². The fourth-order valence-electron chi connectivity index (χ4n) is 1.14. The maximum atomic E-state index is 13.3. The van der Waals surface area contributed by atoms with E-state index in [2.05, 4.69) is 31.2 Å². The van der Waals surface area contributed by atoms with Crippen LogP contribution >= 0.6 is 39.1 Å². The molecular weight excluding hydrogens is 332 g/mol. The molecule has 3 nitrogen and oxygen atoms in total. The molecule has 0 fully saturated rings. The SMILES string of the molecule is Fc1cc(Nc2nc(Cl)ncc2Cl)ccc1Br. The lowest BCUT2D eigenvalue weighted by molar-refractivity contribution is 0.622. The van der Waals surface area contributed by atoms with Gasteiger partial charge in [0.25, 0.3) is 0 Å². The molecular formula is C10H5BrCl2FN3. The van der Waals surface area contributed by atoms with Crippen molar-refractivity contribution in [1.29, 1.82) is 0 Å². The van der Waals surface area contributed by atoms with Gasteiger partial charge in [-0.3, -0.25) is 0 Å². The minimum absolute atomic E-state index is 0.0643. The Morgan fingerprint density at radius 1 is 1.29 bits per heavy atom. The molecule has 17 heavy (non-hydrogen) atoms.